The van der Waals surface area contributed by atoms with Crippen LogP contribution in [0.2, 0.25) is 0 Å². The summed E-state index contributed by atoms with van der Waals surface area (Å²) in [5.74, 6) is -0.286. The average Bonchev–Trinajstić information content (AvgIpc) is 2.86. The van der Waals surface area contributed by atoms with Crippen molar-refractivity contribution in [3.8, 4) is 0 Å². The van der Waals surface area contributed by atoms with Gasteiger partial charge in [-0.15, -0.1) is 0 Å². The number of ether oxygens (including phenoxy) is 1. The zero-order chi connectivity index (χ0) is 15.5. The van der Waals surface area contributed by atoms with Gasteiger partial charge in [0.2, 0.25) is 0 Å². The molecule has 0 aliphatic heterocycles. The van der Waals surface area contributed by atoms with Crippen molar-refractivity contribution in [2.24, 2.45) is 0 Å². The molecule has 0 atom stereocenters. The highest BCUT2D eigenvalue weighted by atomic mass is 79.9. The van der Waals surface area contributed by atoms with Crippen LogP contribution >= 0.6 is 15.9 Å². The first-order chi connectivity index (χ1) is 10.7. The maximum absolute atomic E-state index is 12.3. The maximum Gasteiger partial charge on any atom is 0.354 e. The van der Waals surface area contributed by atoms with Crippen LogP contribution in [-0.4, -0.2) is 17.1 Å². The lowest BCUT2D eigenvalue weighted by atomic mass is 10.2. The second kappa shape index (κ2) is 6.36. The molecule has 3 rings (SSSR count). The third-order valence-corrected chi connectivity index (χ3v) is 4.02. The Balaban J connectivity index is 2.12. The minimum absolute atomic E-state index is 0.286. The number of benzene rings is 2. The minimum atomic E-state index is -0.286. The predicted octanol–water partition coefficient (Wildman–Crippen LogP) is 4.63. The summed E-state index contributed by atoms with van der Waals surface area (Å²) in [5.41, 5.74) is 2.75. The number of halogens is 1. The largest absolute Gasteiger partial charge is 0.461 e. The fraction of sp³-hybridized carbons (Fsp3) is 0.167. The van der Waals surface area contributed by atoms with E-state index >= 15 is 0 Å². The zero-order valence-corrected chi connectivity index (χ0v) is 13.8. The third-order valence-electron chi connectivity index (χ3n) is 3.53. The number of rotatable bonds is 4. The van der Waals surface area contributed by atoms with Gasteiger partial charge in [-0.2, -0.15) is 0 Å². The van der Waals surface area contributed by atoms with Gasteiger partial charge in [0.15, 0.2) is 0 Å². The number of aromatic nitrogens is 1. The second-order valence-corrected chi connectivity index (χ2v) is 5.94. The van der Waals surface area contributed by atoms with E-state index in [-0.39, 0.29) is 5.97 Å². The van der Waals surface area contributed by atoms with Crippen molar-refractivity contribution in [2.45, 2.75) is 13.5 Å². The van der Waals surface area contributed by atoms with Crippen LogP contribution in [0.1, 0.15) is 23.0 Å². The van der Waals surface area contributed by atoms with Gasteiger partial charge in [0.25, 0.3) is 0 Å². The first kappa shape index (κ1) is 14.9. The molecule has 1 heterocycles. The van der Waals surface area contributed by atoms with Crippen LogP contribution in [0.5, 0.6) is 0 Å². The molecule has 0 aliphatic carbocycles. The molecular weight excluding hydrogens is 342 g/mol. The van der Waals surface area contributed by atoms with E-state index < -0.39 is 0 Å². The molecule has 0 unspecified atom stereocenters. The number of hydrogen-bond donors (Lipinski definition) is 0. The Labute approximate surface area is 137 Å². The van der Waals surface area contributed by atoms with E-state index in [9.17, 15) is 4.79 Å². The van der Waals surface area contributed by atoms with Crippen LogP contribution in [-0.2, 0) is 11.3 Å². The van der Waals surface area contributed by atoms with E-state index in [2.05, 4.69) is 28.1 Å². The van der Waals surface area contributed by atoms with Gasteiger partial charge in [-0.25, -0.2) is 4.79 Å². The van der Waals surface area contributed by atoms with E-state index in [0.29, 0.717) is 18.8 Å². The highest BCUT2D eigenvalue weighted by Gasteiger charge is 2.17. The van der Waals surface area contributed by atoms with Crippen molar-refractivity contribution in [3.63, 3.8) is 0 Å². The van der Waals surface area contributed by atoms with Crippen LogP contribution in [0.15, 0.2) is 59.1 Å². The third kappa shape index (κ3) is 2.92. The van der Waals surface area contributed by atoms with Crippen LogP contribution in [0.4, 0.5) is 0 Å². The van der Waals surface area contributed by atoms with Crippen LogP contribution < -0.4 is 0 Å². The Kier molecular flexibility index (Phi) is 4.29. The van der Waals surface area contributed by atoms with E-state index in [1.807, 2.05) is 54.0 Å². The fourth-order valence-corrected chi connectivity index (χ4v) is 2.93. The molecule has 1 aromatic heterocycles. The summed E-state index contributed by atoms with van der Waals surface area (Å²) in [4.78, 5) is 12.3. The van der Waals surface area contributed by atoms with Crippen molar-refractivity contribution < 1.29 is 9.53 Å². The van der Waals surface area contributed by atoms with E-state index in [4.69, 9.17) is 4.74 Å². The summed E-state index contributed by atoms with van der Waals surface area (Å²) in [6, 6.07) is 18.0. The van der Waals surface area contributed by atoms with Crippen molar-refractivity contribution in [3.05, 3.63) is 70.3 Å². The summed E-state index contributed by atoms with van der Waals surface area (Å²) in [6.07, 6.45) is 0. The van der Waals surface area contributed by atoms with Gasteiger partial charge in [-0.05, 0) is 36.8 Å². The quantitative estimate of drug-likeness (QED) is 0.637. The molecule has 4 heteroatoms. The number of carbonyl (C=O) groups excluding carboxylic acids is 1. The smallest absolute Gasteiger partial charge is 0.354 e. The lowest BCUT2D eigenvalue weighted by Crippen LogP contribution is -2.12. The lowest BCUT2D eigenvalue weighted by molar-refractivity contribution is 0.0515. The molecule has 112 valence electrons. The van der Waals surface area contributed by atoms with Gasteiger partial charge < -0.3 is 9.30 Å². The van der Waals surface area contributed by atoms with E-state index in [1.165, 1.54) is 0 Å². The SMILES string of the molecule is CCOC(=O)c1cc2cc(Br)ccc2n1Cc1ccccc1. The molecule has 0 N–H and O–H groups in total. The predicted molar refractivity (Wildman–Crippen MR) is 91.1 cm³/mol. The lowest BCUT2D eigenvalue weighted by Gasteiger charge is -2.10. The molecule has 3 nitrogen and oxygen atoms in total. The first-order valence-electron chi connectivity index (χ1n) is 7.19. The van der Waals surface area contributed by atoms with Gasteiger partial charge in [0, 0.05) is 21.9 Å². The monoisotopic (exact) mass is 357 g/mol. The van der Waals surface area contributed by atoms with Crippen molar-refractivity contribution >= 4 is 32.8 Å². The Morgan fingerprint density at radius 3 is 2.64 bits per heavy atom. The normalized spacial score (nSPS) is 10.8. The summed E-state index contributed by atoms with van der Waals surface area (Å²) in [5, 5.41) is 1.02. The number of nitrogens with zero attached hydrogens (tertiary/aromatic N) is 1. The van der Waals surface area contributed by atoms with Crippen LogP contribution in [0, 0.1) is 0 Å². The maximum atomic E-state index is 12.3. The highest BCUT2D eigenvalue weighted by Crippen LogP contribution is 2.25. The number of esters is 1. The Morgan fingerprint density at radius 1 is 1.14 bits per heavy atom. The summed E-state index contributed by atoms with van der Waals surface area (Å²) in [7, 11) is 0. The molecule has 3 aromatic rings. The Hall–Kier alpha value is -2.07. The number of hydrogen-bond acceptors (Lipinski definition) is 2. The van der Waals surface area contributed by atoms with Crippen molar-refractivity contribution in [1.29, 1.82) is 0 Å². The minimum Gasteiger partial charge on any atom is -0.461 e. The molecular formula is C18H16BrNO2. The zero-order valence-electron chi connectivity index (χ0n) is 12.3. The first-order valence-corrected chi connectivity index (χ1v) is 7.98. The summed E-state index contributed by atoms with van der Waals surface area (Å²) in [6.45, 7) is 2.83. The Morgan fingerprint density at radius 2 is 1.91 bits per heavy atom. The van der Waals surface area contributed by atoms with Gasteiger partial charge >= 0.3 is 5.97 Å². The standard InChI is InChI=1S/C18H16BrNO2/c1-2-22-18(21)17-11-14-10-15(19)8-9-16(14)20(17)12-13-6-4-3-5-7-13/h3-11H,2,12H2,1H3. The summed E-state index contributed by atoms with van der Waals surface area (Å²) >= 11 is 3.48. The second-order valence-electron chi connectivity index (χ2n) is 5.02. The molecule has 22 heavy (non-hydrogen) atoms. The summed E-state index contributed by atoms with van der Waals surface area (Å²) < 4.78 is 8.20. The van der Waals surface area contributed by atoms with Gasteiger partial charge in [-0.3, -0.25) is 0 Å². The van der Waals surface area contributed by atoms with E-state index in [0.717, 1.165) is 20.9 Å². The molecule has 2 aromatic carbocycles. The molecule has 0 aliphatic rings. The highest BCUT2D eigenvalue weighted by molar-refractivity contribution is 9.10. The molecule has 0 radical (unpaired) electrons. The number of fused-ring (bicyclic) bond motifs is 1. The molecule has 0 saturated heterocycles. The molecule has 0 saturated carbocycles. The Bertz CT molecular complexity index is 809. The van der Waals surface area contributed by atoms with Crippen LogP contribution in [0.25, 0.3) is 10.9 Å². The van der Waals surface area contributed by atoms with Gasteiger partial charge in [-0.1, -0.05) is 46.3 Å². The molecule has 0 fully saturated rings. The fourth-order valence-electron chi connectivity index (χ4n) is 2.55. The van der Waals surface area contributed by atoms with E-state index in [1.54, 1.807) is 0 Å². The molecule has 0 amide bonds. The van der Waals surface area contributed by atoms with Crippen molar-refractivity contribution in [2.75, 3.05) is 6.61 Å². The number of carbonyl (C=O) groups is 1. The van der Waals surface area contributed by atoms with Gasteiger partial charge in [0.05, 0.1) is 6.61 Å². The topological polar surface area (TPSA) is 31.2 Å². The van der Waals surface area contributed by atoms with Gasteiger partial charge in [0.1, 0.15) is 5.69 Å². The molecule has 0 bridgehead atoms. The van der Waals surface area contributed by atoms with Crippen molar-refractivity contribution in [1.82, 2.24) is 4.57 Å². The van der Waals surface area contributed by atoms with Crippen LogP contribution in [0.3, 0.4) is 0 Å². The molecule has 0 spiro atoms. The average molecular weight is 358 g/mol.